The van der Waals surface area contributed by atoms with E-state index in [0.717, 1.165) is 25.7 Å². The summed E-state index contributed by atoms with van der Waals surface area (Å²) in [7, 11) is 0. The third-order valence-electron chi connectivity index (χ3n) is 3.26. The number of alkyl halides is 1. The molecule has 0 spiro atoms. The molecule has 0 unspecified atom stereocenters. The van der Waals surface area contributed by atoms with Crippen molar-refractivity contribution in [2.75, 3.05) is 0 Å². The number of halogens is 1. The molecule has 18 heavy (non-hydrogen) atoms. The topological polar surface area (TPSA) is 46.5 Å². The number of carbonyl (C=O) groups is 1. The van der Waals surface area contributed by atoms with Crippen LogP contribution in [0.1, 0.15) is 31.2 Å². The zero-order valence-electron chi connectivity index (χ0n) is 10.2. The molecular formula is C14H18IO3-. The summed E-state index contributed by atoms with van der Waals surface area (Å²) in [5.41, 5.74) is 1.22. The van der Waals surface area contributed by atoms with Gasteiger partial charge in [-0.05, 0) is 0 Å². The number of carboxylic acid groups (broad SMARTS) is 1. The standard InChI is InChI=1S/C14H18IO3/c16-14(17)12-6-8-13(9-7-12)15-18-10-11-4-2-1-3-5-11/h1-5,12-13H,6-10H2,(H,16,17)/q-1. The van der Waals surface area contributed by atoms with E-state index in [4.69, 9.17) is 8.17 Å². The Bertz CT molecular complexity index is 372. The third-order valence-corrected chi connectivity index (χ3v) is 5.89. The minimum atomic E-state index is -0.628. The van der Waals surface area contributed by atoms with Crippen LogP contribution in [0.5, 0.6) is 0 Å². The summed E-state index contributed by atoms with van der Waals surface area (Å²) in [5, 5.41) is 8.93. The van der Waals surface area contributed by atoms with Crippen molar-refractivity contribution in [1.29, 1.82) is 0 Å². The van der Waals surface area contributed by atoms with Crippen molar-refractivity contribution in [2.45, 2.75) is 36.2 Å². The van der Waals surface area contributed by atoms with E-state index >= 15 is 0 Å². The first-order valence-corrected chi connectivity index (χ1v) is 8.40. The summed E-state index contributed by atoms with van der Waals surface area (Å²) in [5.74, 6) is -0.740. The fraction of sp³-hybridized carbons (Fsp3) is 0.500. The summed E-state index contributed by atoms with van der Waals surface area (Å²) in [6.45, 7) is 0.701. The third kappa shape index (κ3) is 4.24. The molecule has 1 fully saturated rings. The van der Waals surface area contributed by atoms with Crippen molar-refractivity contribution < 1.29 is 34.6 Å². The van der Waals surface area contributed by atoms with Gasteiger partial charge in [0.15, 0.2) is 0 Å². The molecule has 1 N–H and O–H groups in total. The van der Waals surface area contributed by atoms with Crippen LogP contribution in [0.25, 0.3) is 0 Å². The molecule has 0 atom stereocenters. The molecule has 0 heterocycles. The fourth-order valence-corrected chi connectivity index (χ4v) is 4.42. The predicted octanol–water partition coefficient (Wildman–Crippen LogP) is -0.149. The van der Waals surface area contributed by atoms with Crippen molar-refractivity contribution >= 4 is 5.97 Å². The molecule has 100 valence electrons. The monoisotopic (exact) mass is 361 g/mol. The first kappa shape index (κ1) is 13.8. The second-order valence-corrected chi connectivity index (χ2v) is 7.51. The second kappa shape index (κ2) is 7.09. The molecule has 1 saturated carbocycles. The molecule has 3 nitrogen and oxygen atoms in total. The molecule has 1 aromatic rings. The van der Waals surface area contributed by atoms with Gasteiger partial charge in [-0.25, -0.2) is 0 Å². The van der Waals surface area contributed by atoms with Gasteiger partial charge in [0.2, 0.25) is 0 Å². The van der Waals surface area contributed by atoms with Crippen molar-refractivity contribution in [2.24, 2.45) is 5.92 Å². The molecular weight excluding hydrogens is 343 g/mol. The zero-order chi connectivity index (χ0) is 12.8. The van der Waals surface area contributed by atoms with E-state index in [2.05, 4.69) is 12.1 Å². The molecule has 0 bridgehead atoms. The first-order chi connectivity index (χ1) is 8.75. The van der Waals surface area contributed by atoms with Crippen LogP contribution >= 0.6 is 0 Å². The van der Waals surface area contributed by atoms with Crippen molar-refractivity contribution in [3.8, 4) is 0 Å². The minimum absolute atomic E-state index is 0.112. The van der Waals surface area contributed by atoms with E-state index in [9.17, 15) is 4.79 Å². The Morgan fingerprint density at radius 1 is 1.22 bits per heavy atom. The number of aliphatic carboxylic acids is 1. The normalized spacial score (nSPS) is 24.0. The summed E-state index contributed by atoms with van der Waals surface area (Å²) < 4.78 is 6.46. The van der Waals surface area contributed by atoms with Gasteiger partial charge in [-0.1, -0.05) is 0 Å². The van der Waals surface area contributed by atoms with Crippen LogP contribution in [0, 0.1) is 5.92 Å². The first-order valence-electron chi connectivity index (χ1n) is 6.27. The van der Waals surface area contributed by atoms with Gasteiger partial charge in [-0.3, -0.25) is 0 Å². The Hall–Kier alpha value is -0.620. The van der Waals surface area contributed by atoms with E-state index in [1.165, 1.54) is 5.56 Å². The van der Waals surface area contributed by atoms with Crippen LogP contribution in [0.2, 0.25) is 0 Å². The molecule has 1 aromatic carbocycles. The fourth-order valence-electron chi connectivity index (χ4n) is 2.15. The van der Waals surface area contributed by atoms with E-state index in [1.54, 1.807) is 0 Å². The summed E-state index contributed by atoms with van der Waals surface area (Å²) in [6.07, 6.45) is 3.71. The van der Waals surface area contributed by atoms with Gasteiger partial charge in [0.05, 0.1) is 0 Å². The molecule has 2 rings (SSSR count). The van der Waals surface area contributed by atoms with Crippen molar-refractivity contribution in [3.05, 3.63) is 35.9 Å². The van der Waals surface area contributed by atoms with E-state index in [0.29, 0.717) is 10.5 Å². The molecule has 1 aliphatic carbocycles. The number of hydrogen-bond donors (Lipinski definition) is 1. The quantitative estimate of drug-likeness (QED) is 0.586. The van der Waals surface area contributed by atoms with Gasteiger partial charge >= 0.3 is 119 Å². The van der Waals surface area contributed by atoms with E-state index < -0.39 is 5.97 Å². The number of carboxylic acids is 1. The molecule has 4 heteroatoms. The Kier molecular flexibility index (Phi) is 5.44. The Labute approximate surface area is 118 Å². The van der Waals surface area contributed by atoms with Crippen molar-refractivity contribution in [3.63, 3.8) is 0 Å². The van der Waals surface area contributed by atoms with E-state index in [-0.39, 0.29) is 27.5 Å². The Morgan fingerprint density at radius 2 is 1.89 bits per heavy atom. The summed E-state index contributed by atoms with van der Waals surface area (Å²) in [4.78, 5) is 10.8. The Morgan fingerprint density at radius 3 is 2.50 bits per heavy atom. The van der Waals surface area contributed by atoms with Crippen LogP contribution in [-0.4, -0.2) is 15.0 Å². The van der Waals surface area contributed by atoms with Gasteiger partial charge in [0, 0.05) is 0 Å². The van der Waals surface area contributed by atoms with Gasteiger partial charge in [0.1, 0.15) is 0 Å². The van der Waals surface area contributed by atoms with Gasteiger partial charge in [-0.15, -0.1) is 0 Å². The molecule has 0 aromatic heterocycles. The van der Waals surface area contributed by atoms with Crippen LogP contribution in [0.15, 0.2) is 30.3 Å². The number of benzene rings is 1. The molecule has 0 aliphatic heterocycles. The van der Waals surface area contributed by atoms with E-state index in [1.807, 2.05) is 18.2 Å². The zero-order valence-corrected chi connectivity index (χ0v) is 12.4. The maximum absolute atomic E-state index is 10.8. The van der Waals surface area contributed by atoms with Gasteiger partial charge in [-0.2, -0.15) is 0 Å². The summed E-state index contributed by atoms with van der Waals surface area (Å²) in [6, 6.07) is 10.2. The summed E-state index contributed by atoms with van der Waals surface area (Å²) >= 11 is -0.254. The van der Waals surface area contributed by atoms with Crippen molar-refractivity contribution in [1.82, 2.24) is 0 Å². The van der Waals surface area contributed by atoms with Crippen LogP contribution in [0.4, 0.5) is 0 Å². The van der Waals surface area contributed by atoms with Gasteiger partial charge in [0.25, 0.3) is 0 Å². The second-order valence-electron chi connectivity index (χ2n) is 4.62. The molecule has 1 aliphatic rings. The average Bonchev–Trinajstić information content (AvgIpc) is 2.40. The molecule has 0 amide bonds. The SMILES string of the molecule is O=C(O)C1CCC([I-]OCc2ccccc2)CC1. The average molecular weight is 361 g/mol. The number of rotatable bonds is 5. The van der Waals surface area contributed by atoms with Crippen LogP contribution in [0.3, 0.4) is 0 Å². The molecule has 0 radical (unpaired) electrons. The van der Waals surface area contributed by atoms with Crippen LogP contribution in [-0.2, 0) is 14.5 Å². The van der Waals surface area contributed by atoms with Crippen LogP contribution < -0.4 is 21.6 Å². The van der Waals surface area contributed by atoms with Gasteiger partial charge < -0.3 is 0 Å². The molecule has 0 saturated heterocycles. The predicted molar refractivity (Wildman–Crippen MR) is 64.6 cm³/mol. The maximum atomic E-state index is 10.8. The number of hydrogen-bond acceptors (Lipinski definition) is 2. The Balaban J connectivity index is 1.65.